The van der Waals surface area contributed by atoms with Crippen molar-refractivity contribution in [2.24, 2.45) is 0 Å². The highest BCUT2D eigenvalue weighted by molar-refractivity contribution is 5.68. The minimum Gasteiger partial charge on any atom is -0.479 e. The summed E-state index contributed by atoms with van der Waals surface area (Å²) in [5.41, 5.74) is 0. The summed E-state index contributed by atoms with van der Waals surface area (Å²) < 4.78 is 5.03. The van der Waals surface area contributed by atoms with E-state index >= 15 is 0 Å². The van der Waals surface area contributed by atoms with Crippen molar-refractivity contribution in [3.63, 3.8) is 0 Å². The van der Waals surface area contributed by atoms with E-state index in [2.05, 4.69) is 4.98 Å². The number of nitrogens with zero attached hydrogens (tertiary/aromatic N) is 2. The number of aliphatic carboxylic acids is 1. The van der Waals surface area contributed by atoms with E-state index in [9.17, 15) is 9.90 Å². The molecular formula is C12H16N2O4. The summed E-state index contributed by atoms with van der Waals surface area (Å²) in [6.07, 6.45) is 1.40. The van der Waals surface area contributed by atoms with Gasteiger partial charge in [0.25, 0.3) is 0 Å². The van der Waals surface area contributed by atoms with Crippen molar-refractivity contribution in [2.75, 3.05) is 24.6 Å². The Balaban J connectivity index is 2.04. The number of ether oxygens (including phenoxy) is 1. The number of anilines is 1. The lowest BCUT2D eigenvalue weighted by Crippen LogP contribution is -2.38. The molecule has 6 nitrogen and oxygen atoms in total. The Labute approximate surface area is 105 Å². The summed E-state index contributed by atoms with van der Waals surface area (Å²) in [6, 6.07) is 5.21. The molecule has 0 amide bonds. The molecular weight excluding hydrogens is 236 g/mol. The van der Waals surface area contributed by atoms with Crippen LogP contribution in [-0.2, 0) is 4.79 Å². The molecule has 0 aliphatic carbocycles. The van der Waals surface area contributed by atoms with Crippen molar-refractivity contribution in [3.05, 3.63) is 18.2 Å². The van der Waals surface area contributed by atoms with Gasteiger partial charge >= 0.3 is 5.97 Å². The number of β-amino-alcohol motifs (C(OH)–C–C–N with tert-alkyl or cyclic N) is 1. The first-order chi connectivity index (χ1) is 8.65. The second-order valence-corrected chi connectivity index (χ2v) is 4.26. The van der Waals surface area contributed by atoms with Crippen LogP contribution in [0.15, 0.2) is 18.2 Å². The summed E-state index contributed by atoms with van der Waals surface area (Å²) in [5.74, 6) is -0.0396. The number of carboxylic acid groups (broad SMARTS) is 1. The smallest absolute Gasteiger partial charge is 0.341 e. The Morgan fingerprint density at radius 2 is 2.39 bits per heavy atom. The van der Waals surface area contributed by atoms with Crippen LogP contribution in [0.1, 0.15) is 12.8 Å². The Kier molecular flexibility index (Phi) is 3.99. The first kappa shape index (κ1) is 12.6. The van der Waals surface area contributed by atoms with Gasteiger partial charge in [-0.05, 0) is 18.9 Å². The van der Waals surface area contributed by atoms with E-state index in [0.717, 1.165) is 19.4 Å². The Morgan fingerprint density at radius 3 is 3.11 bits per heavy atom. The van der Waals surface area contributed by atoms with Gasteiger partial charge in [0.2, 0.25) is 5.88 Å². The SMILES string of the molecule is O=C(O)COc1cccc(N2CCC[C@H](O)C2)n1. The average Bonchev–Trinajstić information content (AvgIpc) is 2.37. The number of rotatable bonds is 4. The normalized spacial score (nSPS) is 19.6. The molecule has 0 aromatic carbocycles. The number of aromatic nitrogens is 1. The van der Waals surface area contributed by atoms with E-state index in [1.165, 1.54) is 0 Å². The highest BCUT2D eigenvalue weighted by atomic mass is 16.5. The molecule has 0 bridgehead atoms. The van der Waals surface area contributed by atoms with Crippen LogP contribution in [0.4, 0.5) is 5.82 Å². The summed E-state index contributed by atoms with van der Waals surface area (Å²) >= 11 is 0. The van der Waals surface area contributed by atoms with Crippen molar-refractivity contribution in [1.29, 1.82) is 0 Å². The van der Waals surface area contributed by atoms with Crippen molar-refractivity contribution in [1.82, 2.24) is 4.98 Å². The number of pyridine rings is 1. The quantitative estimate of drug-likeness (QED) is 0.812. The van der Waals surface area contributed by atoms with E-state index < -0.39 is 12.6 Å². The Bertz CT molecular complexity index is 424. The molecule has 1 fully saturated rings. The van der Waals surface area contributed by atoms with E-state index in [1.54, 1.807) is 12.1 Å². The summed E-state index contributed by atoms with van der Waals surface area (Å²) in [7, 11) is 0. The molecule has 18 heavy (non-hydrogen) atoms. The minimum atomic E-state index is -1.03. The van der Waals surface area contributed by atoms with Crippen LogP contribution in [0.3, 0.4) is 0 Å². The second kappa shape index (κ2) is 5.68. The van der Waals surface area contributed by atoms with Gasteiger partial charge in [-0.3, -0.25) is 0 Å². The zero-order chi connectivity index (χ0) is 13.0. The molecule has 1 saturated heterocycles. The van der Waals surface area contributed by atoms with Crippen LogP contribution < -0.4 is 9.64 Å². The fraction of sp³-hybridized carbons (Fsp3) is 0.500. The molecule has 6 heteroatoms. The predicted molar refractivity (Wildman–Crippen MR) is 64.8 cm³/mol. The van der Waals surface area contributed by atoms with Gasteiger partial charge in [-0.1, -0.05) is 6.07 Å². The average molecular weight is 252 g/mol. The molecule has 2 N–H and O–H groups in total. The van der Waals surface area contributed by atoms with Gasteiger partial charge in [-0.2, -0.15) is 4.98 Å². The number of hydrogen-bond donors (Lipinski definition) is 2. The predicted octanol–water partition coefficient (Wildman–Crippen LogP) is 0.506. The second-order valence-electron chi connectivity index (χ2n) is 4.26. The van der Waals surface area contributed by atoms with Crippen LogP contribution >= 0.6 is 0 Å². The van der Waals surface area contributed by atoms with E-state index in [4.69, 9.17) is 9.84 Å². The first-order valence-electron chi connectivity index (χ1n) is 5.90. The number of aliphatic hydroxyl groups excluding tert-OH is 1. The fourth-order valence-corrected chi connectivity index (χ4v) is 1.96. The number of aliphatic hydroxyl groups is 1. The van der Waals surface area contributed by atoms with E-state index in [-0.39, 0.29) is 12.0 Å². The monoisotopic (exact) mass is 252 g/mol. The number of hydrogen-bond acceptors (Lipinski definition) is 5. The lowest BCUT2D eigenvalue weighted by molar-refractivity contribution is -0.139. The topological polar surface area (TPSA) is 82.9 Å². The van der Waals surface area contributed by atoms with Gasteiger partial charge in [0, 0.05) is 19.2 Å². The largest absolute Gasteiger partial charge is 0.479 e. The third-order valence-corrected chi connectivity index (χ3v) is 2.77. The first-order valence-corrected chi connectivity index (χ1v) is 5.90. The third kappa shape index (κ3) is 3.33. The van der Waals surface area contributed by atoms with Crippen LogP contribution in [-0.4, -0.2) is 47.0 Å². The molecule has 0 unspecified atom stereocenters. The maximum absolute atomic E-state index is 10.4. The standard InChI is InChI=1S/C12H16N2O4/c15-9-3-2-6-14(7-9)10-4-1-5-11(13-10)18-8-12(16)17/h1,4-5,9,15H,2-3,6-8H2,(H,16,17)/t9-/m0/s1. The fourth-order valence-electron chi connectivity index (χ4n) is 1.96. The van der Waals surface area contributed by atoms with Crippen molar-refractivity contribution >= 4 is 11.8 Å². The molecule has 2 rings (SSSR count). The summed E-state index contributed by atoms with van der Waals surface area (Å²) in [6.45, 7) is 0.987. The maximum atomic E-state index is 10.4. The Hall–Kier alpha value is -1.82. The van der Waals surface area contributed by atoms with Gasteiger partial charge in [0.1, 0.15) is 5.82 Å². The highest BCUT2D eigenvalue weighted by Crippen LogP contribution is 2.20. The van der Waals surface area contributed by atoms with Crippen LogP contribution in [0, 0.1) is 0 Å². The Morgan fingerprint density at radius 1 is 1.56 bits per heavy atom. The molecule has 1 atom stereocenters. The summed E-state index contributed by atoms with van der Waals surface area (Å²) in [5, 5.41) is 18.1. The molecule has 0 radical (unpaired) electrons. The van der Waals surface area contributed by atoms with Gasteiger partial charge < -0.3 is 19.8 Å². The van der Waals surface area contributed by atoms with Crippen LogP contribution in [0.25, 0.3) is 0 Å². The van der Waals surface area contributed by atoms with Crippen molar-refractivity contribution in [2.45, 2.75) is 18.9 Å². The molecule has 1 aliphatic rings. The highest BCUT2D eigenvalue weighted by Gasteiger charge is 2.19. The van der Waals surface area contributed by atoms with Crippen LogP contribution in [0.2, 0.25) is 0 Å². The van der Waals surface area contributed by atoms with E-state index in [0.29, 0.717) is 12.4 Å². The van der Waals surface area contributed by atoms with Gasteiger partial charge in [0.05, 0.1) is 6.10 Å². The van der Waals surface area contributed by atoms with Crippen LogP contribution in [0.5, 0.6) is 5.88 Å². The molecule has 98 valence electrons. The third-order valence-electron chi connectivity index (χ3n) is 2.77. The molecule has 1 aromatic rings. The molecule has 0 saturated carbocycles. The molecule has 1 aromatic heterocycles. The molecule has 2 heterocycles. The van der Waals surface area contributed by atoms with Gasteiger partial charge in [0.15, 0.2) is 6.61 Å². The summed E-state index contributed by atoms with van der Waals surface area (Å²) in [4.78, 5) is 16.6. The van der Waals surface area contributed by atoms with Crippen molar-refractivity contribution < 1.29 is 19.7 Å². The zero-order valence-electron chi connectivity index (χ0n) is 9.95. The minimum absolute atomic E-state index is 0.287. The lowest BCUT2D eigenvalue weighted by atomic mass is 10.1. The number of carboxylic acids is 1. The maximum Gasteiger partial charge on any atom is 0.341 e. The molecule has 1 aliphatic heterocycles. The van der Waals surface area contributed by atoms with Crippen molar-refractivity contribution in [3.8, 4) is 5.88 Å². The van der Waals surface area contributed by atoms with E-state index in [1.807, 2.05) is 11.0 Å². The molecule has 0 spiro atoms. The van der Waals surface area contributed by atoms with Gasteiger partial charge in [-0.25, -0.2) is 4.79 Å². The zero-order valence-corrected chi connectivity index (χ0v) is 9.95. The van der Waals surface area contributed by atoms with Gasteiger partial charge in [-0.15, -0.1) is 0 Å². The number of piperidine rings is 1. The number of carbonyl (C=O) groups is 1. The lowest BCUT2D eigenvalue weighted by Gasteiger charge is -2.31.